The van der Waals surface area contributed by atoms with Crippen molar-refractivity contribution < 1.29 is 9.50 Å². The van der Waals surface area contributed by atoms with Crippen molar-refractivity contribution in [1.29, 1.82) is 0 Å². The van der Waals surface area contributed by atoms with Gasteiger partial charge in [0.2, 0.25) is 0 Å². The fourth-order valence-corrected chi connectivity index (χ4v) is 1.62. The maximum Gasteiger partial charge on any atom is 0.255 e. The van der Waals surface area contributed by atoms with Gasteiger partial charge in [-0.3, -0.25) is 4.79 Å². The minimum Gasteiger partial charge on any atom is -0.507 e. The van der Waals surface area contributed by atoms with E-state index in [4.69, 9.17) is 0 Å². The molecule has 0 amide bonds. The zero-order valence-electron chi connectivity index (χ0n) is 8.17. The average Bonchev–Trinajstić information content (AvgIpc) is 2.20. The Bertz CT molecular complexity index is 575. The minimum atomic E-state index is -0.438. The van der Waals surface area contributed by atoms with E-state index in [1.54, 1.807) is 6.92 Å². The number of aromatic hydroxyl groups is 1. The van der Waals surface area contributed by atoms with Gasteiger partial charge in [-0.15, -0.1) is 0 Å². The van der Waals surface area contributed by atoms with Gasteiger partial charge in [0.1, 0.15) is 11.6 Å². The predicted molar refractivity (Wildman–Crippen MR) is 55.6 cm³/mol. The fourth-order valence-electron chi connectivity index (χ4n) is 1.62. The Balaban J connectivity index is 2.92. The van der Waals surface area contributed by atoms with Crippen molar-refractivity contribution in [3.05, 3.63) is 39.9 Å². The first-order valence-corrected chi connectivity index (χ1v) is 4.67. The van der Waals surface area contributed by atoms with E-state index in [1.807, 2.05) is 0 Å². The van der Waals surface area contributed by atoms with Crippen LogP contribution in [0.4, 0.5) is 4.39 Å². The molecule has 0 radical (unpaired) electrons. The third-order valence-electron chi connectivity index (χ3n) is 2.40. The summed E-state index contributed by atoms with van der Waals surface area (Å²) in [6.07, 6.45) is 0.410. The summed E-state index contributed by atoms with van der Waals surface area (Å²) in [6.45, 7) is 1.76. The summed E-state index contributed by atoms with van der Waals surface area (Å²) in [5, 5.41) is 10.1. The lowest BCUT2D eigenvalue weighted by molar-refractivity contribution is 0.473. The van der Waals surface area contributed by atoms with Crippen LogP contribution < -0.4 is 5.56 Å². The molecule has 15 heavy (non-hydrogen) atoms. The smallest absolute Gasteiger partial charge is 0.255 e. The second kappa shape index (κ2) is 3.38. The summed E-state index contributed by atoms with van der Waals surface area (Å²) in [6, 6.07) is 3.88. The first kappa shape index (κ1) is 9.71. The van der Waals surface area contributed by atoms with Gasteiger partial charge in [0.25, 0.3) is 5.56 Å². The van der Waals surface area contributed by atoms with Crippen LogP contribution in [0.2, 0.25) is 0 Å². The number of hydrogen-bond donors (Lipinski definition) is 2. The van der Waals surface area contributed by atoms with E-state index in [1.165, 1.54) is 18.2 Å². The lowest BCUT2D eigenvalue weighted by Gasteiger charge is -2.05. The van der Waals surface area contributed by atoms with Gasteiger partial charge in [-0.1, -0.05) is 6.92 Å². The van der Waals surface area contributed by atoms with Gasteiger partial charge in [0, 0.05) is 5.39 Å². The van der Waals surface area contributed by atoms with Crippen LogP contribution >= 0.6 is 0 Å². The van der Waals surface area contributed by atoms with Crippen LogP contribution in [-0.4, -0.2) is 10.1 Å². The molecule has 0 unspecified atom stereocenters. The third-order valence-corrected chi connectivity index (χ3v) is 2.40. The molecule has 4 heteroatoms. The van der Waals surface area contributed by atoms with Crippen molar-refractivity contribution >= 4 is 10.9 Å². The summed E-state index contributed by atoms with van der Waals surface area (Å²) >= 11 is 0. The largest absolute Gasteiger partial charge is 0.507 e. The van der Waals surface area contributed by atoms with Crippen LogP contribution in [0.25, 0.3) is 10.9 Å². The summed E-state index contributed by atoms with van der Waals surface area (Å²) in [7, 11) is 0. The molecule has 1 heterocycles. The summed E-state index contributed by atoms with van der Waals surface area (Å²) in [5.74, 6) is -0.567. The number of aromatic amines is 1. The Hall–Kier alpha value is -1.84. The van der Waals surface area contributed by atoms with Crippen molar-refractivity contribution in [2.24, 2.45) is 0 Å². The van der Waals surface area contributed by atoms with Gasteiger partial charge >= 0.3 is 0 Å². The topological polar surface area (TPSA) is 53.1 Å². The Morgan fingerprint density at radius 2 is 2.20 bits per heavy atom. The average molecular weight is 207 g/mol. The Morgan fingerprint density at radius 1 is 1.47 bits per heavy atom. The lowest BCUT2D eigenvalue weighted by Crippen LogP contribution is -2.11. The maximum atomic E-state index is 12.9. The zero-order valence-corrected chi connectivity index (χ0v) is 8.17. The number of nitrogens with one attached hydrogen (secondary N) is 1. The molecule has 0 atom stereocenters. The number of pyridine rings is 1. The number of hydrogen-bond acceptors (Lipinski definition) is 2. The summed E-state index contributed by atoms with van der Waals surface area (Å²) in [4.78, 5) is 14.1. The molecule has 0 saturated carbocycles. The minimum absolute atomic E-state index is 0.129. The molecular weight excluding hydrogens is 197 g/mol. The molecule has 1 aromatic heterocycles. The van der Waals surface area contributed by atoms with Crippen molar-refractivity contribution in [3.63, 3.8) is 0 Å². The highest BCUT2D eigenvalue weighted by Crippen LogP contribution is 2.25. The summed E-state index contributed by atoms with van der Waals surface area (Å²) in [5.41, 5.74) is 0.401. The van der Waals surface area contributed by atoms with Crippen molar-refractivity contribution in [2.75, 3.05) is 0 Å². The second-order valence-corrected chi connectivity index (χ2v) is 3.32. The first-order chi connectivity index (χ1) is 7.13. The van der Waals surface area contributed by atoms with Gasteiger partial charge in [-0.2, -0.15) is 0 Å². The predicted octanol–water partition coefficient (Wildman–Crippen LogP) is 1.94. The normalized spacial score (nSPS) is 10.8. The molecule has 0 bridgehead atoms. The van der Waals surface area contributed by atoms with E-state index in [0.29, 0.717) is 17.3 Å². The number of benzene rings is 1. The monoisotopic (exact) mass is 207 g/mol. The number of aromatic nitrogens is 1. The molecule has 0 saturated heterocycles. The zero-order chi connectivity index (χ0) is 11.0. The Morgan fingerprint density at radius 3 is 2.87 bits per heavy atom. The van der Waals surface area contributed by atoms with E-state index >= 15 is 0 Å². The van der Waals surface area contributed by atoms with Crippen LogP contribution in [0.3, 0.4) is 0 Å². The molecule has 0 aliphatic rings. The number of H-pyrrole nitrogens is 1. The number of halogens is 1. The quantitative estimate of drug-likeness (QED) is 0.750. The van der Waals surface area contributed by atoms with Gasteiger partial charge in [0.05, 0.1) is 11.1 Å². The summed E-state index contributed by atoms with van der Waals surface area (Å²) < 4.78 is 12.9. The van der Waals surface area contributed by atoms with Gasteiger partial charge < -0.3 is 10.1 Å². The molecule has 0 spiro atoms. The van der Waals surface area contributed by atoms with E-state index < -0.39 is 5.82 Å². The van der Waals surface area contributed by atoms with Gasteiger partial charge in [-0.25, -0.2) is 4.39 Å². The van der Waals surface area contributed by atoms with Gasteiger partial charge in [-0.05, 0) is 24.6 Å². The van der Waals surface area contributed by atoms with Crippen molar-refractivity contribution in [3.8, 4) is 5.75 Å². The highest BCUT2D eigenvalue weighted by atomic mass is 19.1. The lowest BCUT2D eigenvalue weighted by atomic mass is 10.1. The van der Waals surface area contributed by atoms with Crippen LogP contribution in [0, 0.1) is 5.82 Å². The van der Waals surface area contributed by atoms with Gasteiger partial charge in [0.15, 0.2) is 0 Å². The van der Waals surface area contributed by atoms with E-state index in [2.05, 4.69) is 4.98 Å². The molecule has 2 rings (SSSR count). The van der Waals surface area contributed by atoms with Crippen LogP contribution in [0.15, 0.2) is 23.0 Å². The highest BCUT2D eigenvalue weighted by molar-refractivity contribution is 5.85. The molecule has 1 aromatic carbocycles. The van der Waals surface area contributed by atoms with Crippen molar-refractivity contribution in [2.45, 2.75) is 13.3 Å². The molecule has 2 aromatic rings. The Kier molecular flexibility index (Phi) is 2.19. The van der Waals surface area contributed by atoms with E-state index in [0.717, 1.165) is 0 Å². The van der Waals surface area contributed by atoms with Crippen LogP contribution in [-0.2, 0) is 6.42 Å². The maximum absolute atomic E-state index is 12.9. The first-order valence-electron chi connectivity index (χ1n) is 4.67. The standard InChI is InChI=1S/C11H10FNO2/c1-2-7-10(14)8-5-6(12)3-4-9(8)13-11(7)15/h3-5H,2H2,1H3,(H2,13,14,15). The highest BCUT2D eigenvalue weighted by Gasteiger charge is 2.10. The Labute approximate surface area is 85.2 Å². The van der Waals surface area contributed by atoms with Crippen LogP contribution in [0.5, 0.6) is 5.75 Å². The van der Waals surface area contributed by atoms with Crippen molar-refractivity contribution in [1.82, 2.24) is 4.98 Å². The molecule has 78 valence electrons. The molecule has 0 aliphatic heterocycles. The third kappa shape index (κ3) is 1.48. The molecular formula is C11H10FNO2. The fraction of sp³-hybridized carbons (Fsp3) is 0.182. The molecule has 3 nitrogen and oxygen atoms in total. The molecule has 0 aliphatic carbocycles. The number of rotatable bonds is 1. The second-order valence-electron chi connectivity index (χ2n) is 3.32. The molecule has 2 N–H and O–H groups in total. The van der Waals surface area contributed by atoms with E-state index in [-0.39, 0.29) is 16.9 Å². The van der Waals surface area contributed by atoms with Crippen LogP contribution in [0.1, 0.15) is 12.5 Å². The number of fused-ring (bicyclic) bond motifs is 1. The molecule has 0 fully saturated rings. The SMILES string of the molecule is CCc1c(O)c2cc(F)ccc2[nH]c1=O. The van der Waals surface area contributed by atoms with E-state index in [9.17, 15) is 14.3 Å².